The number of carboxylic acid groups (broad SMARTS) is 1. The molecule has 2 aliphatic rings. The summed E-state index contributed by atoms with van der Waals surface area (Å²) in [7, 11) is 0. The normalized spacial score (nSPS) is 19.4. The molecule has 0 aliphatic carbocycles. The number of hydrogen-bond donors (Lipinski definition) is 3. The molecule has 0 saturated carbocycles. The Kier molecular flexibility index (Phi) is 7.22. The average Bonchev–Trinajstić information content (AvgIpc) is 3.14. The Labute approximate surface area is 186 Å². The molecule has 3 unspecified atom stereocenters. The Morgan fingerprint density at radius 1 is 1.12 bits per heavy atom. The zero-order valence-electron chi connectivity index (χ0n) is 18.4. The van der Waals surface area contributed by atoms with Crippen molar-refractivity contribution in [1.29, 1.82) is 0 Å². The molecule has 2 heterocycles. The number of anilines is 1. The number of nitrogens with zero attached hydrogens (tertiary/aromatic N) is 1. The number of rotatable bonds is 8. The van der Waals surface area contributed by atoms with Crippen LogP contribution < -0.4 is 25.0 Å². The number of carbonyl (C=O) groups excluding carboxylic acids is 3. The zero-order chi connectivity index (χ0) is 23.4. The average molecular weight is 447 g/mol. The van der Waals surface area contributed by atoms with Gasteiger partial charge in [0.25, 0.3) is 0 Å². The Hall–Kier alpha value is -3.30. The number of carboxylic acids is 1. The molecule has 10 nitrogen and oxygen atoms in total. The second kappa shape index (κ2) is 9.88. The monoisotopic (exact) mass is 447 g/mol. The lowest BCUT2D eigenvalue weighted by molar-refractivity contribution is -0.141. The van der Waals surface area contributed by atoms with Gasteiger partial charge in [0.1, 0.15) is 25.3 Å². The minimum absolute atomic E-state index is 0.0157. The highest BCUT2D eigenvalue weighted by Crippen LogP contribution is 2.36. The molecule has 174 valence electrons. The lowest BCUT2D eigenvalue weighted by Crippen LogP contribution is -2.52. The van der Waals surface area contributed by atoms with Crippen LogP contribution >= 0.6 is 0 Å². The topological polar surface area (TPSA) is 134 Å². The fourth-order valence-corrected chi connectivity index (χ4v) is 3.70. The van der Waals surface area contributed by atoms with Gasteiger partial charge < -0.3 is 30.1 Å². The van der Waals surface area contributed by atoms with E-state index in [1.807, 2.05) is 13.8 Å². The van der Waals surface area contributed by atoms with Crippen molar-refractivity contribution < 1.29 is 33.8 Å². The maximum Gasteiger partial charge on any atom is 0.325 e. The van der Waals surface area contributed by atoms with Gasteiger partial charge >= 0.3 is 5.97 Å². The molecule has 2 aliphatic heterocycles. The number of hydrogen-bond acceptors (Lipinski definition) is 6. The van der Waals surface area contributed by atoms with Gasteiger partial charge in [0, 0.05) is 24.7 Å². The maximum absolute atomic E-state index is 12.9. The molecule has 3 amide bonds. The largest absolute Gasteiger partial charge is 0.486 e. The van der Waals surface area contributed by atoms with E-state index >= 15 is 0 Å². The van der Waals surface area contributed by atoms with Gasteiger partial charge in [0.05, 0.1) is 5.92 Å². The molecule has 1 aromatic rings. The predicted octanol–water partition coefficient (Wildman–Crippen LogP) is 0.931. The van der Waals surface area contributed by atoms with Crippen LogP contribution in [0.4, 0.5) is 5.69 Å². The van der Waals surface area contributed by atoms with Crippen molar-refractivity contribution in [3.05, 3.63) is 18.2 Å². The molecule has 32 heavy (non-hydrogen) atoms. The third kappa shape index (κ3) is 5.49. The molecule has 3 atom stereocenters. The van der Waals surface area contributed by atoms with Gasteiger partial charge in [-0.1, -0.05) is 13.8 Å². The second-order valence-corrected chi connectivity index (χ2v) is 8.49. The summed E-state index contributed by atoms with van der Waals surface area (Å²) in [6.07, 6.45) is 0.359. The SMILES string of the molecule is CC(C)CC(NC(=O)C1CC(=O)N(c2ccc3c(c2)OCCO3)C1)C(=O)NC(C)C(=O)O. The second-order valence-electron chi connectivity index (χ2n) is 8.49. The van der Waals surface area contributed by atoms with E-state index in [-0.39, 0.29) is 24.8 Å². The van der Waals surface area contributed by atoms with Gasteiger partial charge in [0.15, 0.2) is 11.5 Å². The molecule has 0 bridgehead atoms. The molecule has 0 radical (unpaired) electrons. The van der Waals surface area contributed by atoms with Crippen molar-refractivity contribution in [3.8, 4) is 11.5 Å². The van der Waals surface area contributed by atoms with Crippen LogP contribution in [0.15, 0.2) is 18.2 Å². The fraction of sp³-hybridized carbons (Fsp3) is 0.545. The Morgan fingerprint density at radius 2 is 1.81 bits per heavy atom. The van der Waals surface area contributed by atoms with Crippen molar-refractivity contribution in [1.82, 2.24) is 10.6 Å². The smallest absolute Gasteiger partial charge is 0.325 e. The van der Waals surface area contributed by atoms with Crippen LogP contribution in [0.5, 0.6) is 11.5 Å². The number of benzene rings is 1. The van der Waals surface area contributed by atoms with E-state index in [2.05, 4.69) is 10.6 Å². The number of carbonyl (C=O) groups is 4. The van der Waals surface area contributed by atoms with E-state index in [1.54, 1.807) is 18.2 Å². The number of fused-ring (bicyclic) bond motifs is 1. The van der Waals surface area contributed by atoms with Gasteiger partial charge in [-0.05, 0) is 31.4 Å². The highest BCUT2D eigenvalue weighted by atomic mass is 16.6. The fourth-order valence-electron chi connectivity index (χ4n) is 3.70. The van der Waals surface area contributed by atoms with Gasteiger partial charge in [-0.15, -0.1) is 0 Å². The number of ether oxygens (including phenoxy) is 2. The van der Waals surface area contributed by atoms with Crippen molar-refractivity contribution in [2.75, 3.05) is 24.7 Å². The summed E-state index contributed by atoms with van der Waals surface area (Å²) < 4.78 is 11.1. The van der Waals surface area contributed by atoms with Crippen LogP contribution in [-0.2, 0) is 19.2 Å². The summed E-state index contributed by atoms with van der Waals surface area (Å²) in [5, 5.41) is 14.1. The highest BCUT2D eigenvalue weighted by Gasteiger charge is 2.37. The third-order valence-corrected chi connectivity index (χ3v) is 5.40. The van der Waals surface area contributed by atoms with Crippen LogP contribution in [0.25, 0.3) is 0 Å². The number of aliphatic carboxylic acids is 1. The molecular formula is C22H29N3O7. The van der Waals surface area contributed by atoms with Crippen molar-refractivity contribution in [2.24, 2.45) is 11.8 Å². The highest BCUT2D eigenvalue weighted by molar-refractivity contribution is 6.01. The van der Waals surface area contributed by atoms with Crippen LogP contribution in [0.3, 0.4) is 0 Å². The van der Waals surface area contributed by atoms with Crippen LogP contribution in [0.1, 0.15) is 33.6 Å². The van der Waals surface area contributed by atoms with Crippen molar-refractivity contribution >= 4 is 29.4 Å². The van der Waals surface area contributed by atoms with Crippen LogP contribution in [0, 0.1) is 11.8 Å². The van der Waals surface area contributed by atoms with E-state index in [4.69, 9.17) is 14.6 Å². The van der Waals surface area contributed by atoms with E-state index < -0.39 is 35.8 Å². The third-order valence-electron chi connectivity index (χ3n) is 5.40. The van der Waals surface area contributed by atoms with Crippen molar-refractivity contribution in [3.63, 3.8) is 0 Å². The first kappa shape index (κ1) is 23.4. The van der Waals surface area contributed by atoms with Gasteiger partial charge in [-0.2, -0.15) is 0 Å². The summed E-state index contributed by atoms with van der Waals surface area (Å²) in [5.41, 5.74) is 0.612. The number of nitrogens with one attached hydrogen (secondary N) is 2. The lowest BCUT2D eigenvalue weighted by atomic mass is 10.0. The molecule has 1 saturated heterocycles. The van der Waals surface area contributed by atoms with E-state index in [1.165, 1.54) is 11.8 Å². The quantitative estimate of drug-likeness (QED) is 0.540. The minimum Gasteiger partial charge on any atom is -0.486 e. The van der Waals surface area contributed by atoms with E-state index in [0.717, 1.165) is 0 Å². The molecule has 3 rings (SSSR count). The first-order valence-electron chi connectivity index (χ1n) is 10.7. The minimum atomic E-state index is -1.16. The molecule has 0 spiro atoms. The molecule has 1 aromatic carbocycles. The van der Waals surface area contributed by atoms with Gasteiger partial charge in [-0.3, -0.25) is 19.2 Å². The zero-order valence-corrected chi connectivity index (χ0v) is 18.4. The molecule has 3 N–H and O–H groups in total. The van der Waals surface area contributed by atoms with E-state index in [0.29, 0.717) is 36.8 Å². The summed E-state index contributed by atoms with van der Waals surface area (Å²) in [6, 6.07) is 3.23. The van der Waals surface area contributed by atoms with E-state index in [9.17, 15) is 19.2 Å². The van der Waals surface area contributed by atoms with Crippen molar-refractivity contribution in [2.45, 2.75) is 45.7 Å². The predicted molar refractivity (Wildman–Crippen MR) is 115 cm³/mol. The van der Waals surface area contributed by atoms with Gasteiger partial charge in [-0.25, -0.2) is 0 Å². The Morgan fingerprint density at radius 3 is 2.47 bits per heavy atom. The Balaban J connectivity index is 1.66. The first-order chi connectivity index (χ1) is 15.2. The summed E-state index contributed by atoms with van der Waals surface area (Å²) in [4.78, 5) is 50.6. The lowest BCUT2D eigenvalue weighted by Gasteiger charge is -2.23. The first-order valence-corrected chi connectivity index (χ1v) is 10.7. The van der Waals surface area contributed by atoms with Crippen LogP contribution in [0.2, 0.25) is 0 Å². The van der Waals surface area contributed by atoms with Gasteiger partial charge in [0.2, 0.25) is 17.7 Å². The molecule has 10 heteroatoms. The summed E-state index contributed by atoms with van der Waals surface area (Å²) in [6.45, 7) is 6.22. The Bertz CT molecular complexity index is 902. The molecular weight excluding hydrogens is 418 g/mol. The molecule has 0 aromatic heterocycles. The molecule has 1 fully saturated rings. The maximum atomic E-state index is 12.9. The standard InChI is InChI=1S/C22H29N3O7/c1-12(2)8-16(21(28)23-13(3)22(29)30)24-20(27)14-9-19(26)25(11-14)15-4-5-17-18(10-15)32-7-6-31-17/h4-5,10,12-14,16H,6-9,11H2,1-3H3,(H,23,28)(H,24,27)(H,29,30). The van der Waals surface area contributed by atoms with Crippen LogP contribution in [-0.4, -0.2) is 60.6 Å². The summed E-state index contributed by atoms with van der Waals surface area (Å²) >= 11 is 0. The summed E-state index contributed by atoms with van der Waals surface area (Å²) in [5.74, 6) is -1.72. The number of amides is 3.